The number of rotatable bonds is 14. The molecule has 2 aromatic carbocycles. The molecule has 1 saturated heterocycles. The molecule has 2 N–H and O–H groups in total. The van der Waals surface area contributed by atoms with Crippen LogP contribution in [0.4, 0.5) is 0 Å². The molecule has 1 aliphatic rings. The minimum absolute atomic E-state index is 0.152. The number of benzene rings is 2. The van der Waals surface area contributed by atoms with Gasteiger partial charge in [-0.3, -0.25) is 0 Å². The molecule has 0 saturated carbocycles. The Labute approximate surface area is 210 Å². The Bertz CT molecular complexity index is 1060. The first-order valence-electron chi connectivity index (χ1n) is 12.5. The molecule has 3 rings (SSSR count). The van der Waals surface area contributed by atoms with Gasteiger partial charge >= 0.3 is 0 Å². The maximum absolute atomic E-state index is 11.2. The molecule has 8 heteroatoms. The molecule has 1 atom stereocenters. The Morgan fingerprint density at radius 3 is 2.11 bits per heavy atom. The number of aliphatic hydroxyl groups is 1. The maximum atomic E-state index is 11.2. The first-order chi connectivity index (χ1) is 16.7. The lowest BCUT2D eigenvalue weighted by Gasteiger charge is -2.18. The van der Waals surface area contributed by atoms with Crippen LogP contribution < -0.4 is 14.8 Å². The molecule has 194 valence electrons. The first kappa shape index (κ1) is 27.5. The summed E-state index contributed by atoms with van der Waals surface area (Å²) in [7, 11) is -2.93. The van der Waals surface area contributed by atoms with E-state index in [2.05, 4.69) is 36.2 Å². The molecule has 0 unspecified atom stereocenters. The van der Waals surface area contributed by atoms with E-state index in [1.807, 2.05) is 24.3 Å². The molecular weight excluding hydrogens is 464 g/mol. The van der Waals surface area contributed by atoms with E-state index in [4.69, 9.17) is 9.47 Å². The minimum Gasteiger partial charge on any atom is -0.493 e. The zero-order valence-electron chi connectivity index (χ0n) is 21.3. The molecule has 0 amide bonds. The van der Waals surface area contributed by atoms with Crippen LogP contribution in [0.2, 0.25) is 0 Å². The second-order valence-electron chi connectivity index (χ2n) is 9.38. The number of aliphatic hydroxyl groups excluding tert-OH is 1. The van der Waals surface area contributed by atoms with Crippen molar-refractivity contribution in [2.75, 3.05) is 57.9 Å². The Kier molecular flexibility index (Phi) is 10.4. The molecule has 35 heavy (non-hydrogen) atoms. The van der Waals surface area contributed by atoms with Crippen molar-refractivity contribution < 1.29 is 23.0 Å². The van der Waals surface area contributed by atoms with Gasteiger partial charge in [0.2, 0.25) is 0 Å². The second kappa shape index (κ2) is 13.3. The van der Waals surface area contributed by atoms with Gasteiger partial charge in [0.15, 0.2) is 0 Å². The fraction of sp³-hybridized carbons (Fsp3) is 0.556. The molecule has 1 heterocycles. The quantitative estimate of drug-likeness (QED) is 0.382. The van der Waals surface area contributed by atoms with Crippen LogP contribution in [0, 0.1) is 13.8 Å². The van der Waals surface area contributed by atoms with Crippen molar-refractivity contribution in [2.24, 2.45) is 0 Å². The van der Waals surface area contributed by atoms with Gasteiger partial charge in [0.05, 0.1) is 25.1 Å². The van der Waals surface area contributed by atoms with Gasteiger partial charge in [0.1, 0.15) is 21.3 Å². The number of sulfone groups is 1. The zero-order chi connectivity index (χ0) is 25.3. The Morgan fingerprint density at radius 2 is 1.57 bits per heavy atom. The van der Waals surface area contributed by atoms with Crippen molar-refractivity contribution in [3.05, 3.63) is 47.5 Å². The Hall–Kier alpha value is -2.13. The van der Waals surface area contributed by atoms with Crippen LogP contribution >= 0.6 is 0 Å². The van der Waals surface area contributed by atoms with Gasteiger partial charge < -0.3 is 24.8 Å². The van der Waals surface area contributed by atoms with Crippen LogP contribution in [0.25, 0.3) is 11.1 Å². The predicted octanol–water partition coefficient (Wildman–Crippen LogP) is 3.21. The highest BCUT2D eigenvalue weighted by Crippen LogP contribution is 2.35. The summed E-state index contributed by atoms with van der Waals surface area (Å²) in [4.78, 5) is 2.29. The van der Waals surface area contributed by atoms with E-state index in [9.17, 15) is 13.5 Å². The van der Waals surface area contributed by atoms with Crippen molar-refractivity contribution in [2.45, 2.75) is 39.2 Å². The average Bonchev–Trinajstić information content (AvgIpc) is 3.22. The van der Waals surface area contributed by atoms with Gasteiger partial charge in [-0.1, -0.05) is 24.3 Å². The number of ether oxygens (including phenoxy) is 2. The van der Waals surface area contributed by atoms with Gasteiger partial charge in [0, 0.05) is 32.4 Å². The molecular formula is C27H40N2O5S. The second-order valence-corrected chi connectivity index (χ2v) is 11.6. The van der Waals surface area contributed by atoms with E-state index in [1.165, 1.54) is 6.26 Å². The summed E-state index contributed by atoms with van der Waals surface area (Å²) >= 11 is 0. The van der Waals surface area contributed by atoms with E-state index in [0.29, 0.717) is 26.3 Å². The number of nitrogens with zero attached hydrogens (tertiary/aromatic N) is 1. The van der Waals surface area contributed by atoms with Crippen LogP contribution in [0.15, 0.2) is 36.4 Å². The molecule has 0 aromatic heterocycles. The summed E-state index contributed by atoms with van der Waals surface area (Å²) in [6.45, 7) is 9.24. The van der Waals surface area contributed by atoms with Gasteiger partial charge in [-0.25, -0.2) is 8.42 Å². The predicted molar refractivity (Wildman–Crippen MR) is 141 cm³/mol. The van der Waals surface area contributed by atoms with Crippen molar-refractivity contribution in [1.82, 2.24) is 10.2 Å². The highest BCUT2D eigenvalue weighted by atomic mass is 32.2. The van der Waals surface area contributed by atoms with Crippen LogP contribution in [-0.2, 0) is 9.84 Å². The molecule has 0 bridgehead atoms. The third-order valence-corrected chi connectivity index (χ3v) is 7.33. The van der Waals surface area contributed by atoms with Crippen LogP contribution in [0.3, 0.4) is 0 Å². The van der Waals surface area contributed by atoms with E-state index in [0.717, 1.165) is 72.6 Å². The SMILES string of the molecule is Cc1c(OCCCNCCS(C)(=O)=O)cccc1-c1cccc(OCCCN2CC[C@@H](O)C2)c1C. The summed E-state index contributed by atoms with van der Waals surface area (Å²) < 4.78 is 34.5. The van der Waals surface area contributed by atoms with Gasteiger partial charge in [-0.2, -0.15) is 0 Å². The number of hydrogen-bond acceptors (Lipinski definition) is 7. The Balaban J connectivity index is 1.52. The lowest BCUT2D eigenvalue weighted by Crippen LogP contribution is -2.24. The van der Waals surface area contributed by atoms with E-state index >= 15 is 0 Å². The van der Waals surface area contributed by atoms with Crippen molar-refractivity contribution >= 4 is 9.84 Å². The van der Waals surface area contributed by atoms with Gasteiger partial charge in [-0.15, -0.1) is 0 Å². The number of nitrogens with one attached hydrogen (secondary N) is 1. The third kappa shape index (κ3) is 8.79. The normalized spacial score (nSPS) is 16.5. The molecule has 1 fully saturated rings. The molecule has 0 radical (unpaired) electrons. The van der Waals surface area contributed by atoms with Crippen molar-refractivity contribution in [3.8, 4) is 22.6 Å². The highest BCUT2D eigenvalue weighted by Gasteiger charge is 2.19. The lowest BCUT2D eigenvalue weighted by molar-refractivity contribution is 0.173. The summed E-state index contributed by atoms with van der Waals surface area (Å²) in [6, 6.07) is 12.3. The molecule has 1 aliphatic heterocycles. The molecule has 0 aliphatic carbocycles. The van der Waals surface area contributed by atoms with E-state index in [-0.39, 0.29) is 11.9 Å². The summed E-state index contributed by atoms with van der Waals surface area (Å²) in [6.07, 6.45) is 3.67. The molecule has 7 nitrogen and oxygen atoms in total. The van der Waals surface area contributed by atoms with Crippen LogP contribution in [-0.4, -0.2) is 82.5 Å². The summed E-state index contributed by atoms with van der Waals surface area (Å²) in [5.41, 5.74) is 4.46. The standard InChI is InChI=1S/C27H40N2O5S/c1-21-24(8-4-10-26(21)33-17-6-13-28-14-19-35(3,31)32)25-9-5-11-27(22(25)2)34-18-7-15-29-16-12-23(30)20-29/h4-5,8-11,23,28,30H,6-7,12-20H2,1-3H3/t23-/m1/s1. The van der Waals surface area contributed by atoms with Crippen LogP contribution in [0.1, 0.15) is 30.4 Å². The number of β-amino-alcohol motifs (C(OH)–C–C–N with tert-alkyl or cyclic N) is 1. The fourth-order valence-corrected chi connectivity index (χ4v) is 4.89. The topological polar surface area (TPSA) is 88.1 Å². The van der Waals surface area contributed by atoms with E-state index < -0.39 is 9.84 Å². The largest absolute Gasteiger partial charge is 0.493 e. The number of likely N-dealkylation sites (tertiary alicyclic amines) is 1. The highest BCUT2D eigenvalue weighted by molar-refractivity contribution is 7.90. The smallest absolute Gasteiger partial charge is 0.148 e. The molecule has 0 spiro atoms. The average molecular weight is 505 g/mol. The zero-order valence-corrected chi connectivity index (χ0v) is 22.1. The van der Waals surface area contributed by atoms with Gasteiger partial charge in [0.25, 0.3) is 0 Å². The number of hydrogen-bond donors (Lipinski definition) is 2. The van der Waals surface area contributed by atoms with Crippen molar-refractivity contribution in [3.63, 3.8) is 0 Å². The Morgan fingerprint density at radius 1 is 0.971 bits per heavy atom. The minimum atomic E-state index is -2.93. The maximum Gasteiger partial charge on any atom is 0.148 e. The first-order valence-corrected chi connectivity index (χ1v) is 14.5. The van der Waals surface area contributed by atoms with Gasteiger partial charge in [-0.05, 0) is 74.0 Å². The lowest BCUT2D eigenvalue weighted by atomic mass is 9.95. The third-order valence-electron chi connectivity index (χ3n) is 6.39. The van der Waals surface area contributed by atoms with E-state index in [1.54, 1.807) is 0 Å². The van der Waals surface area contributed by atoms with Crippen molar-refractivity contribution in [1.29, 1.82) is 0 Å². The van der Waals surface area contributed by atoms with Crippen LogP contribution in [0.5, 0.6) is 11.5 Å². The monoisotopic (exact) mass is 504 g/mol. The summed E-state index contributed by atoms with van der Waals surface area (Å²) in [5.74, 6) is 1.91. The molecule has 2 aromatic rings. The summed E-state index contributed by atoms with van der Waals surface area (Å²) in [5, 5.41) is 12.8. The fourth-order valence-electron chi connectivity index (χ4n) is 4.37.